The molecule has 1 aromatic rings. The van der Waals surface area contributed by atoms with E-state index in [2.05, 4.69) is 30.7 Å². The second-order valence-electron chi connectivity index (χ2n) is 8.57. The van der Waals surface area contributed by atoms with Gasteiger partial charge in [-0.2, -0.15) is 0 Å². The molecule has 0 bridgehead atoms. The smallest absolute Gasteiger partial charge is 0.228 e. The number of fused-ring (bicyclic) bond motifs is 1. The molecule has 142 valence electrons. The van der Waals surface area contributed by atoms with Gasteiger partial charge in [-0.1, -0.05) is 20.8 Å². The van der Waals surface area contributed by atoms with Crippen molar-refractivity contribution in [1.82, 2.24) is 19.8 Å². The number of nitrogens with zero attached hydrogens (tertiary/aromatic N) is 4. The Morgan fingerprint density at radius 1 is 1.15 bits per heavy atom. The molecule has 0 aromatic carbocycles. The summed E-state index contributed by atoms with van der Waals surface area (Å²) in [5.41, 5.74) is 7.90. The molecule has 0 unspecified atom stereocenters. The van der Waals surface area contributed by atoms with E-state index in [1.54, 1.807) is 4.90 Å². The number of nitrogens with two attached hydrogens (primary N) is 1. The number of hydrogen-bond acceptors (Lipinski definition) is 5. The third-order valence-electron chi connectivity index (χ3n) is 5.21. The molecule has 2 N–H and O–H groups in total. The fourth-order valence-electron chi connectivity index (χ4n) is 3.61. The average molecular weight is 359 g/mol. The van der Waals surface area contributed by atoms with Crippen LogP contribution in [0.3, 0.4) is 0 Å². The highest BCUT2D eigenvalue weighted by atomic mass is 16.2. The molecule has 0 spiro atoms. The summed E-state index contributed by atoms with van der Waals surface area (Å²) in [5.74, 6) is 0.664. The fourth-order valence-corrected chi connectivity index (χ4v) is 3.61. The lowest BCUT2D eigenvalue weighted by atomic mass is 9.95. The quantitative estimate of drug-likeness (QED) is 0.813. The molecule has 1 aromatic heterocycles. The molecule has 0 saturated carbocycles. The van der Waals surface area contributed by atoms with Crippen LogP contribution in [0.15, 0.2) is 6.20 Å². The minimum absolute atomic E-state index is 0.0226. The lowest BCUT2D eigenvalue weighted by Crippen LogP contribution is -2.42. The second-order valence-corrected chi connectivity index (χ2v) is 8.57. The first-order chi connectivity index (χ1) is 12.1. The van der Waals surface area contributed by atoms with Crippen LogP contribution in [0.4, 0.5) is 0 Å². The summed E-state index contributed by atoms with van der Waals surface area (Å²) >= 11 is 0. The van der Waals surface area contributed by atoms with Crippen molar-refractivity contribution in [3.05, 3.63) is 23.3 Å². The van der Waals surface area contributed by atoms with Crippen LogP contribution in [0, 0.1) is 5.92 Å². The van der Waals surface area contributed by atoms with Crippen molar-refractivity contribution in [2.24, 2.45) is 11.7 Å². The first-order valence-electron chi connectivity index (χ1n) is 9.30. The SMILES string of the molecule is CC(=O)N1C[C@@H](N)CC[C@@H](C(=O)N2Cc3cnc(C(C)(C)C)nc3C2)C1. The second kappa shape index (κ2) is 6.95. The molecule has 0 aliphatic carbocycles. The number of hydrogen-bond donors (Lipinski definition) is 1. The van der Waals surface area contributed by atoms with Crippen molar-refractivity contribution in [2.75, 3.05) is 13.1 Å². The zero-order valence-electron chi connectivity index (χ0n) is 16.2. The predicted molar refractivity (Wildman–Crippen MR) is 97.9 cm³/mol. The standard InChI is InChI=1S/C19H29N5O2/c1-12(25)23-8-13(5-6-15(20)10-23)17(26)24-9-14-7-21-18(19(2,3)4)22-16(14)11-24/h7,13,15H,5-6,8-11,20H2,1-4H3/t13-,15+/m1/s1. The predicted octanol–water partition coefficient (Wildman–Crippen LogP) is 1.20. The van der Waals surface area contributed by atoms with Crippen LogP contribution in [0.25, 0.3) is 0 Å². The third-order valence-corrected chi connectivity index (χ3v) is 5.21. The Labute approximate surface area is 155 Å². The maximum Gasteiger partial charge on any atom is 0.228 e. The number of amides is 2. The summed E-state index contributed by atoms with van der Waals surface area (Å²) in [4.78, 5) is 37.6. The number of rotatable bonds is 1. The van der Waals surface area contributed by atoms with E-state index in [1.165, 1.54) is 6.92 Å². The van der Waals surface area contributed by atoms with Gasteiger partial charge in [0, 0.05) is 49.8 Å². The minimum Gasteiger partial charge on any atom is -0.341 e. The van der Waals surface area contributed by atoms with Crippen molar-refractivity contribution in [3.63, 3.8) is 0 Å². The Morgan fingerprint density at radius 3 is 2.54 bits per heavy atom. The van der Waals surface area contributed by atoms with E-state index in [0.717, 1.165) is 29.9 Å². The number of likely N-dealkylation sites (tertiary alicyclic amines) is 1. The van der Waals surface area contributed by atoms with Gasteiger partial charge in [-0.15, -0.1) is 0 Å². The summed E-state index contributed by atoms with van der Waals surface area (Å²) in [7, 11) is 0. The zero-order chi connectivity index (χ0) is 19.1. The van der Waals surface area contributed by atoms with E-state index in [4.69, 9.17) is 5.73 Å². The van der Waals surface area contributed by atoms with E-state index >= 15 is 0 Å². The first kappa shape index (κ1) is 18.8. The highest BCUT2D eigenvalue weighted by molar-refractivity contribution is 5.81. The van der Waals surface area contributed by atoms with E-state index in [-0.39, 0.29) is 29.2 Å². The molecule has 1 fully saturated rings. The van der Waals surface area contributed by atoms with E-state index in [1.807, 2.05) is 11.1 Å². The molecule has 2 amide bonds. The molecule has 3 rings (SSSR count). The van der Waals surface area contributed by atoms with Crippen LogP contribution in [0.1, 0.15) is 57.6 Å². The molecule has 26 heavy (non-hydrogen) atoms. The van der Waals surface area contributed by atoms with Crippen LogP contribution < -0.4 is 5.73 Å². The van der Waals surface area contributed by atoms with Crippen molar-refractivity contribution >= 4 is 11.8 Å². The minimum atomic E-state index is -0.197. The molecule has 3 heterocycles. The Morgan fingerprint density at radius 2 is 1.88 bits per heavy atom. The molecule has 7 nitrogen and oxygen atoms in total. The van der Waals surface area contributed by atoms with Gasteiger partial charge in [-0.3, -0.25) is 9.59 Å². The van der Waals surface area contributed by atoms with E-state index in [9.17, 15) is 9.59 Å². The van der Waals surface area contributed by atoms with Gasteiger partial charge in [-0.25, -0.2) is 9.97 Å². The molecule has 2 aliphatic rings. The highest BCUT2D eigenvalue weighted by Gasteiger charge is 2.34. The molecule has 2 atom stereocenters. The lowest BCUT2D eigenvalue weighted by Gasteiger charge is -2.26. The van der Waals surface area contributed by atoms with Crippen LogP contribution in [0.5, 0.6) is 0 Å². The monoisotopic (exact) mass is 359 g/mol. The summed E-state index contributed by atoms with van der Waals surface area (Å²) < 4.78 is 0. The van der Waals surface area contributed by atoms with Crippen LogP contribution in [-0.4, -0.2) is 50.7 Å². The van der Waals surface area contributed by atoms with Gasteiger partial charge < -0.3 is 15.5 Å². The maximum atomic E-state index is 13.1. The summed E-state index contributed by atoms with van der Waals surface area (Å²) in [6.45, 7) is 9.82. The zero-order valence-corrected chi connectivity index (χ0v) is 16.2. The third kappa shape index (κ3) is 3.87. The molecule has 1 saturated heterocycles. The average Bonchev–Trinajstić information content (AvgIpc) is 2.88. The summed E-state index contributed by atoms with van der Waals surface area (Å²) in [6, 6.07) is -0.0623. The normalized spacial score (nSPS) is 23.6. The van der Waals surface area contributed by atoms with Crippen LogP contribution >= 0.6 is 0 Å². The topological polar surface area (TPSA) is 92.4 Å². The lowest BCUT2D eigenvalue weighted by molar-refractivity contribution is -0.138. The number of carbonyl (C=O) groups excluding carboxylic acids is 2. The molecule has 0 radical (unpaired) electrons. The van der Waals surface area contributed by atoms with E-state index in [0.29, 0.717) is 26.2 Å². The Balaban J connectivity index is 1.73. The molecular formula is C19H29N5O2. The summed E-state index contributed by atoms with van der Waals surface area (Å²) in [5, 5.41) is 0. The van der Waals surface area contributed by atoms with Gasteiger partial charge in [0.15, 0.2) is 0 Å². The largest absolute Gasteiger partial charge is 0.341 e. The van der Waals surface area contributed by atoms with Crippen molar-refractivity contribution < 1.29 is 9.59 Å². The van der Waals surface area contributed by atoms with Crippen molar-refractivity contribution in [1.29, 1.82) is 0 Å². The summed E-state index contributed by atoms with van der Waals surface area (Å²) in [6.07, 6.45) is 3.32. The van der Waals surface area contributed by atoms with Gasteiger partial charge in [0.25, 0.3) is 0 Å². The molecule has 2 aliphatic heterocycles. The van der Waals surface area contributed by atoms with Gasteiger partial charge in [0.1, 0.15) is 5.82 Å². The van der Waals surface area contributed by atoms with Crippen LogP contribution in [0.2, 0.25) is 0 Å². The first-order valence-corrected chi connectivity index (χ1v) is 9.30. The van der Waals surface area contributed by atoms with Gasteiger partial charge >= 0.3 is 0 Å². The fraction of sp³-hybridized carbons (Fsp3) is 0.684. The number of aromatic nitrogens is 2. The van der Waals surface area contributed by atoms with Crippen LogP contribution in [-0.2, 0) is 28.1 Å². The Kier molecular flexibility index (Phi) is 5.01. The molecule has 7 heteroatoms. The Bertz CT molecular complexity index is 712. The number of carbonyl (C=O) groups is 2. The van der Waals surface area contributed by atoms with Crippen molar-refractivity contribution in [3.8, 4) is 0 Å². The van der Waals surface area contributed by atoms with Gasteiger partial charge in [-0.05, 0) is 12.8 Å². The van der Waals surface area contributed by atoms with Gasteiger partial charge in [0.05, 0.1) is 18.2 Å². The highest BCUT2D eigenvalue weighted by Crippen LogP contribution is 2.27. The molecular weight excluding hydrogens is 330 g/mol. The maximum absolute atomic E-state index is 13.1. The van der Waals surface area contributed by atoms with Gasteiger partial charge in [0.2, 0.25) is 11.8 Å². The van der Waals surface area contributed by atoms with E-state index < -0.39 is 0 Å². The Hall–Kier alpha value is -2.02. The van der Waals surface area contributed by atoms with Crippen molar-refractivity contribution in [2.45, 2.75) is 65.1 Å².